The average molecular weight is 358 g/mol. The number of halogens is 1. The first-order valence-corrected chi connectivity index (χ1v) is 9.89. The quantitative estimate of drug-likeness (QED) is 0.811. The van der Waals surface area contributed by atoms with E-state index in [2.05, 4.69) is 17.2 Å². The Balaban J connectivity index is 1.43. The van der Waals surface area contributed by atoms with Crippen LogP contribution in [0.5, 0.6) is 0 Å². The van der Waals surface area contributed by atoms with Crippen molar-refractivity contribution >= 4 is 22.9 Å². The van der Waals surface area contributed by atoms with E-state index in [0.29, 0.717) is 0 Å². The lowest BCUT2D eigenvalue weighted by molar-refractivity contribution is 0.0746. The van der Waals surface area contributed by atoms with Gasteiger partial charge in [-0.2, -0.15) is 0 Å². The van der Waals surface area contributed by atoms with E-state index in [4.69, 9.17) is 0 Å². The van der Waals surface area contributed by atoms with Gasteiger partial charge in [0, 0.05) is 42.1 Å². The van der Waals surface area contributed by atoms with Gasteiger partial charge in [-0.25, -0.2) is 4.39 Å². The summed E-state index contributed by atoms with van der Waals surface area (Å²) >= 11 is 1.75. The molecule has 0 saturated carbocycles. The van der Waals surface area contributed by atoms with Gasteiger partial charge in [0.2, 0.25) is 0 Å². The van der Waals surface area contributed by atoms with Crippen molar-refractivity contribution in [2.75, 3.05) is 31.1 Å². The van der Waals surface area contributed by atoms with Crippen molar-refractivity contribution in [3.8, 4) is 0 Å². The van der Waals surface area contributed by atoms with Crippen LogP contribution in [-0.4, -0.2) is 37.0 Å². The molecule has 1 aromatic carbocycles. The number of rotatable bonds is 2. The Labute approximate surface area is 152 Å². The number of carbonyl (C=O) groups excluding carboxylic acids is 1. The SMILES string of the molecule is C[C@H]1CCc2c(C(=O)N3CCN(c4ccc(F)cc4)CC3)csc2C1. The second-order valence-electron chi connectivity index (χ2n) is 7.15. The number of anilines is 1. The van der Waals surface area contributed by atoms with Gasteiger partial charge < -0.3 is 9.80 Å². The minimum atomic E-state index is -0.214. The van der Waals surface area contributed by atoms with E-state index in [1.165, 1.54) is 29.0 Å². The Morgan fingerprint density at radius 2 is 1.88 bits per heavy atom. The second kappa shape index (κ2) is 6.79. The third-order valence-electron chi connectivity index (χ3n) is 5.39. The Morgan fingerprint density at radius 1 is 1.16 bits per heavy atom. The summed E-state index contributed by atoms with van der Waals surface area (Å²) in [6.07, 6.45) is 3.34. The van der Waals surface area contributed by atoms with Crippen LogP contribution >= 0.6 is 11.3 Å². The van der Waals surface area contributed by atoms with E-state index >= 15 is 0 Å². The number of hydrogen-bond donors (Lipinski definition) is 0. The first-order valence-electron chi connectivity index (χ1n) is 9.01. The van der Waals surface area contributed by atoms with E-state index in [-0.39, 0.29) is 11.7 Å². The maximum Gasteiger partial charge on any atom is 0.255 e. The maximum atomic E-state index is 13.1. The minimum absolute atomic E-state index is 0.186. The second-order valence-corrected chi connectivity index (χ2v) is 8.12. The Kier molecular flexibility index (Phi) is 4.50. The fourth-order valence-corrected chi connectivity index (χ4v) is 5.08. The molecular formula is C20H23FN2OS. The number of amides is 1. The van der Waals surface area contributed by atoms with Crippen LogP contribution in [0.4, 0.5) is 10.1 Å². The van der Waals surface area contributed by atoms with Crippen LogP contribution in [0.1, 0.15) is 34.1 Å². The topological polar surface area (TPSA) is 23.6 Å². The van der Waals surface area contributed by atoms with Crippen LogP contribution in [-0.2, 0) is 12.8 Å². The zero-order chi connectivity index (χ0) is 17.4. The zero-order valence-corrected chi connectivity index (χ0v) is 15.3. The first-order chi connectivity index (χ1) is 12.1. The van der Waals surface area contributed by atoms with Gasteiger partial charge in [0.25, 0.3) is 5.91 Å². The molecule has 5 heteroatoms. The van der Waals surface area contributed by atoms with Crippen molar-refractivity contribution in [3.05, 3.63) is 51.5 Å². The normalized spacial score (nSPS) is 20.5. The number of carbonyl (C=O) groups is 1. The van der Waals surface area contributed by atoms with Crippen molar-refractivity contribution in [2.24, 2.45) is 5.92 Å². The molecule has 0 spiro atoms. The van der Waals surface area contributed by atoms with Crippen molar-refractivity contribution in [3.63, 3.8) is 0 Å². The summed E-state index contributed by atoms with van der Waals surface area (Å²) in [7, 11) is 0. The van der Waals surface area contributed by atoms with Crippen LogP contribution in [0.15, 0.2) is 29.6 Å². The average Bonchev–Trinajstić information content (AvgIpc) is 3.05. The number of nitrogens with zero attached hydrogens (tertiary/aromatic N) is 2. The summed E-state index contributed by atoms with van der Waals surface area (Å²) in [5.74, 6) is 0.702. The van der Waals surface area contributed by atoms with Crippen molar-refractivity contribution in [1.29, 1.82) is 0 Å². The smallest absolute Gasteiger partial charge is 0.255 e. The molecule has 1 atom stereocenters. The molecule has 2 aromatic rings. The molecule has 3 nitrogen and oxygen atoms in total. The molecule has 1 amide bonds. The molecule has 1 saturated heterocycles. The maximum absolute atomic E-state index is 13.1. The standard InChI is InChI=1S/C20H23FN2OS/c1-14-2-7-17-18(13-25-19(17)12-14)20(24)23-10-8-22(9-11-23)16-5-3-15(21)4-6-16/h3-6,13-14H,2,7-12H2,1H3/t14-/m0/s1. The molecule has 0 unspecified atom stereocenters. The van der Waals surface area contributed by atoms with Gasteiger partial charge in [-0.1, -0.05) is 6.92 Å². The number of benzene rings is 1. The summed E-state index contributed by atoms with van der Waals surface area (Å²) in [6.45, 7) is 5.31. The molecule has 2 aliphatic rings. The third-order valence-corrected chi connectivity index (χ3v) is 6.44. The fraction of sp³-hybridized carbons (Fsp3) is 0.450. The van der Waals surface area contributed by atoms with Gasteiger partial charge in [-0.15, -0.1) is 11.3 Å². The minimum Gasteiger partial charge on any atom is -0.368 e. The lowest BCUT2D eigenvalue weighted by Crippen LogP contribution is -2.49. The summed E-state index contributed by atoms with van der Waals surface area (Å²) in [4.78, 5) is 18.6. The van der Waals surface area contributed by atoms with Crippen LogP contribution in [0.3, 0.4) is 0 Å². The van der Waals surface area contributed by atoms with Gasteiger partial charge in [0.05, 0.1) is 5.56 Å². The molecule has 0 radical (unpaired) electrons. The predicted molar refractivity (Wildman–Crippen MR) is 100 cm³/mol. The molecule has 25 heavy (non-hydrogen) atoms. The monoisotopic (exact) mass is 358 g/mol. The van der Waals surface area contributed by atoms with Gasteiger partial charge in [-0.3, -0.25) is 4.79 Å². The molecule has 1 aliphatic heterocycles. The number of piperazine rings is 1. The molecule has 1 aromatic heterocycles. The molecule has 2 heterocycles. The highest BCUT2D eigenvalue weighted by Gasteiger charge is 2.28. The summed E-state index contributed by atoms with van der Waals surface area (Å²) in [5, 5.41) is 2.07. The van der Waals surface area contributed by atoms with Crippen LogP contribution in [0.25, 0.3) is 0 Å². The van der Waals surface area contributed by atoms with E-state index in [1.54, 1.807) is 11.3 Å². The molecule has 1 aliphatic carbocycles. The summed E-state index contributed by atoms with van der Waals surface area (Å²) in [6, 6.07) is 6.60. The third kappa shape index (κ3) is 3.30. The predicted octanol–water partition coefficient (Wildman–Crippen LogP) is 3.97. The molecule has 0 bridgehead atoms. The molecule has 132 valence electrons. The summed E-state index contributed by atoms with van der Waals surface area (Å²) in [5.41, 5.74) is 3.26. The van der Waals surface area contributed by atoms with Crippen molar-refractivity contribution < 1.29 is 9.18 Å². The number of hydrogen-bond acceptors (Lipinski definition) is 3. The van der Waals surface area contributed by atoms with E-state index in [0.717, 1.165) is 56.2 Å². The highest BCUT2D eigenvalue weighted by atomic mass is 32.1. The van der Waals surface area contributed by atoms with Gasteiger partial charge in [0.1, 0.15) is 5.82 Å². The van der Waals surface area contributed by atoms with Gasteiger partial charge >= 0.3 is 0 Å². The Bertz CT molecular complexity index is 763. The number of fused-ring (bicyclic) bond motifs is 1. The first kappa shape index (κ1) is 16.6. The number of thiophene rings is 1. The van der Waals surface area contributed by atoms with Crippen LogP contribution < -0.4 is 4.90 Å². The molecule has 1 fully saturated rings. The fourth-order valence-electron chi connectivity index (χ4n) is 3.85. The zero-order valence-electron chi connectivity index (χ0n) is 14.5. The highest BCUT2D eigenvalue weighted by molar-refractivity contribution is 7.10. The molecule has 4 rings (SSSR count). The Hall–Kier alpha value is -1.88. The van der Waals surface area contributed by atoms with Crippen LogP contribution in [0, 0.1) is 11.7 Å². The molecule has 0 N–H and O–H groups in total. The lowest BCUT2D eigenvalue weighted by Gasteiger charge is -2.36. The van der Waals surface area contributed by atoms with E-state index in [9.17, 15) is 9.18 Å². The van der Waals surface area contributed by atoms with Gasteiger partial charge in [0.15, 0.2) is 0 Å². The van der Waals surface area contributed by atoms with Gasteiger partial charge in [-0.05, 0) is 55.0 Å². The van der Waals surface area contributed by atoms with Crippen LogP contribution in [0.2, 0.25) is 0 Å². The van der Waals surface area contributed by atoms with E-state index in [1.807, 2.05) is 17.0 Å². The lowest BCUT2D eigenvalue weighted by atomic mass is 9.88. The van der Waals surface area contributed by atoms with Crippen molar-refractivity contribution in [2.45, 2.75) is 26.2 Å². The highest BCUT2D eigenvalue weighted by Crippen LogP contribution is 2.33. The molecular weight excluding hydrogens is 335 g/mol. The van der Waals surface area contributed by atoms with Crippen molar-refractivity contribution in [1.82, 2.24) is 4.90 Å². The summed E-state index contributed by atoms with van der Waals surface area (Å²) < 4.78 is 13.1. The Morgan fingerprint density at radius 3 is 2.60 bits per heavy atom. The largest absolute Gasteiger partial charge is 0.368 e. The van der Waals surface area contributed by atoms with E-state index < -0.39 is 0 Å².